The predicted octanol–water partition coefficient (Wildman–Crippen LogP) is 5.72. The monoisotopic (exact) mass is 460 g/mol. The molecule has 4 N–H and O–H groups in total. The second-order valence-electron chi connectivity index (χ2n) is 8.68. The molecule has 0 atom stereocenters. The van der Waals surface area contributed by atoms with Crippen LogP contribution >= 0.6 is 0 Å². The third-order valence-corrected chi connectivity index (χ3v) is 4.87. The topological polar surface area (TPSA) is 107 Å². The van der Waals surface area contributed by atoms with Crippen LogP contribution < -0.4 is 21.1 Å². The zero-order valence-electron chi connectivity index (χ0n) is 19.0. The molecular weight excluding hydrogens is 435 g/mol. The van der Waals surface area contributed by atoms with Crippen LogP contribution in [0.1, 0.15) is 26.5 Å². The quantitative estimate of drug-likeness (QED) is 0.353. The largest absolute Gasteiger partial charge is 0.457 e. The highest BCUT2D eigenvalue weighted by molar-refractivity contribution is 5.99. The molecule has 4 aromatic rings. The molecule has 0 aliphatic heterocycles. The van der Waals surface area contributed by atoms with Crippen LogP contribution in [0.3, 0.4) is 0 Å². The molecule has 8 nitrogen and oxygen atoms in total. The van der Waals surface area contributed by atoms with Crippen molar-refractivity contribution in [2.75, 3.05) is 16.4 Å². The maximum absolute atomic E-state index is 13.8. The number of hydrogen-bond donors (Lipinski definition) is 3. The molecule has 9 heteroatoms. The van der Waals surface area contributed by atoms with Crippen LogP contribution in [0.15, 0.2) is 72.9 Å². The van der Waals surface area contributed by atoms with E-state index >= 15 is 0 Å². The number of rotatable bonds is 5. The first-order valence-electron chi connectivity index (χ1n) is 10.6. The van der Waals surface area contributed by atoms with E-state index in [2.05, 4.69) is 20.7 Å². The summed E-state index contributed by atoms with van der Waals surface area (Å²) in [5.74, 6) is 1.53. The number of anilines is 3. The molecule has 2 heterocycles. The minimum atomic E-state index is -0.464. The van der Waals surface area contributed by atoms with Gasteiger partial charge in [-0.2, -0.15) is 5.10 Å². The Kier molecular flexibility index (Phi) is 6.18. The molecule has 0 bridgehead atoms. The molecule has 0 aliphatic carbocycles. The van der Waals surface area contributed by atoms with Crippen molar-refractivity contribution in [3.63, 3.8) is 0 Å². The number of aromatic nitrogens is 3. The van der Waals surface area contributed by atoms with Gasteiger partial charge in [0.1, 0.15) is 29.0 Å². The number of nitrogen functional groups attached to an aromatic ring is 1. The van der Waals surface area contributed by atoms with Gasteiger partial charge in [0, 0.05) is 29.4 Å². The van der Waals surface area contributed by atoms with Crippen molar-refractivity contribution >= 4 is 23.4 Å². The van der Waals surface area contributed by atoms with Crippen LogP contribution in [-0.4, -0.2) is 20.8 Å². The van der Waals surface area contributed by atoms with Gasteiger partial charge in [0.15, 0.2) is 0 Å². The van der Waals surface area contributed by atoms with Gasteiger partial charge in [0.05, 0.1) is 11.4 Å². The average molecular weight is 461 g/mol. The van der Waals surface area contributed by atoms with E-state index < -0.39 is 11.8 Å². The van der Waals surface area contributed by atoms with Gasteiger partial charge in [-0.25, -0.2) is 18.9 Å². The molecule has 2 aromatic heterocycles. The number of nitrogens with two attached hydrogens (primary N) is 1. The number of ether oxygens (including phenoxy) is 1. The van der Waals surface area contributed by atoms with Crippen molar-refractivity contribution in [3.8, 4) is 17.2 Å². The number of carbonyl (C=O) groups excluding carboxylic acids is 1. The van der Waals surface area contributed by atoms with Crippen molar-refractivity contribution in [2.45, 2.75) is 26.2 Å². The summed E-state index contributed by atoms with van der Waals surface area (Å²) in [5, 5.41) is 10.2. The van der Waals surface area contributed by atoms with Gasteiger partial charge in [0.25, 0.3) is 0 Å². The maximum atomic E-state index is 13.8. The maximum Gasteiger partial charge on any atom is 0.324 e. The fourth-order valence-corrected chi connectivity index (χ4v) is 3.15. The minimum absolute atomic E-state index is 0.263. The SMILES string of the molecule is CC(C)(C)c1cc(NC(=O)Nc2ccc(Oc3ccnc(N)c3)cc2)n(-c2cccc(F)c2)n1. The predicted molar refractivity (Wildman–Crippen MR) is 130 cm³/mol. The normalized spacial score (nSPS) is 11.2. The molecule has 0 unspecified atom stereocenters. The van der Waals surface area contributed by atoms with Gasteiger partial charge in [-0.1, -0.05) is 26.8 Å². The van der Waals surface area contributed by atoms with Crippen molar-refractivity contribution in [3.05, 3.63) is 84.4 Å². The van der Waals surface area contributed by atoms with Gasteiger partial charge >= 0.3 is 6.03 Å². The Balaban J connectivity index is 1.49. The zero-order chi connectivity index (χ0) is 24.3. The smallest absolute Gasteiger partial charge is 0.324 e. The fraction of sp³-hybridized carbons (Fsp3) is 0.160. The number of hydrogen-bond acceptors (Lipinski definition) is 5. The lowest BCUT2D eigenvalue weighted by Gasteiger charge is -2.14. The number of pyridine rings is 1. The van der Waals surface area contributed by atoms with Crippen molar-refractivity contribution in [2.24, 2.45) is 0 Å². The van der Waals surface area contributed by atoms with E-state index in [-0.39, 0.29) is 5.41 Å². The lowest BCUT2D eigenvalue weighted by Crippen LogP contribution is -2.21. The Bertz CT molecular complexity index is 1310. The summed E-state index contributed by atoms with van der Waals surface area (Å²) in [6.45, 7) is 6.04. The van der Waals surface area contributed by atoms with Gasteiger partial charge in [-0.05, 0) is 48.5 Å². The Hall–Kier alpha value is -4.40. The molecular formula is C25H25FN6O2. The number of benzene rings is 2. The van der Waals surface area contributed by atoms with Crippen molar-refractivity contribution < 1.29 is 13.9 Å². The summed E-state index contributed by atoms with van der Waals surface area (Å²) in [5.41, 5.74) is 7.22. The van der Waals surface area contributed by atoms with Crippen LogP contribution in [0.25, 0.3) is 5.69 Å². The number of halogens is 1. The number of amides is 2. The molecule has 0 spiro atoms. The number of nitrogens with zero attached hydrogens (tertiary/aromatic N) is 3. The van der Waals surface area contributed by atoms with Crippen LogP contribution in [-0.2, 0) is 5.41 Å². The molecule has 2 amide bonds. The van der Waals surface area contributed by atoms with E-state index in [0.717, 1.165) is 5.69 Å². The second-order valence-corrected chi connectivity index (χ2v) is 8.68. The fourth-order valence-electron chi connectivity index (χ4n) is 3.15. The van der Waals surface area contributed by atoms with Gasteiger partial charge in [-0.15, -0.1) is 0 Å². The molecule has 4 rings (SSSR count). The lowest BCUT2D eigenvalue weighted by atomic mass is 9.92. The first kappa shape index (κ1) is 22.8. The lowest BCUT2D eigenvalue weighted by molar-refractivity contribution is 0.262. The number of nitrogens with one attached hydrogen (secondary N) is 2. The van der Waals surface area contributed by atoms with Crippen LogP contribution in [0.2, 0.25) is 0 Å². The molecule has 0 aliphatic rings. The van der Waals surface area contributed by atoms with Crippen LogP contribution in [0, 0.1) is 5.82 Å². The van der Waals surface area contributed by atoms with E-state index in [9.17, 15) is 9.18 Å². The van der Waals surface area contributed by atoms with E-state index in [1.54, 1.807) is 60.8 Å². The highest BCUT2D eigenvalue weighted by atomic mass is 19.1. The van der Waals surface area contributed by atoms with Gasteiger partial charge in [-0.3, -0.25) is 5.32 Å². The molecule has 34 heavy (non-hydrogen) atoms. The first-order valence-corrected chi connectivity index (χ1v) is 10.6. The molecule has 0 fully saturated rings. The summed E-state index contributed by atoms with van der Waals surface area (Å²) >= 11 is 0. The van der Waals surface area contributed by atoms with E-state index in [1.165, 1.54) is 16.8 Å². The average Bonchev–Trinajstić information content (AvgIpc) is 3.19. The van der Waals surface area contributed by atoms with Crippen molar-refractivity contribution in [1.29, 1.82) is 0 Å². The van der Waals surface area contributed by atoms with Crippen molar-refractivity contribution in [1.82, 2.24) is 14.8 Å². The summed E-state index contributed by atoms with van der Waals surface area (Å²) in [6, 6.07) is 17.5. The first-order chi connectivity index (χ1) is 16.2. The number of urea groups is 1. The Morgan fingerprint density at radius 2 is 1.76 bits per heavy atom. The molecule has 174 valence electrons. The second kappa shape index (κ2) is 9.22. The summed E-state index contributed by atoms with van der Waals surface area (Å²) in [7, 11) is 0. The third kappa shape index (κ3) is 5.50. The molecule has 0 radical (unpaired) electrons. The standard InChI is InChI=1S/C25H25FN6O2/c1-25(2,3)21-15-23(32(31-21)18-6-4-5-16(26)13-18)30-24(33)29-17-7-9-19(10-8-17)34-20-11-12-28-22(27)14-20/h4-15H,1-3H3,(H2,27,28)(H2,29,30,33). The van der Waals surface area contributed by atoms with E-state index in [4.69, 9.17) is 10.5 Å². The Morgan fingerprint density at radius 3 is 2.44 bits per heavy atom. The summed E-state index contributed by atoms with van der Waals surface area (Å²) in [4.78, 5) is 16.6. The zero-order valence-corrected chi connectivity index (χ0v) is 19.0. The molecule has 2 aromatic carbocycles. The van der Waals surface area contributed by atoms with E-state index in [1.807, 2.05) is 20.8 Å². The van der Waals surface area contributed by atoms with Gasteiger partial charge < -0.3 is 15.8 Å². The molecule has 0 saturated carbocycles. The molecule has 0 saturated heterocycles. The summed E-state index contributed by atoms with van der Waals surface area (Å²) in [6.07, 6.45) is 1.56. The summed E-state index contributed by atoms with van der Waals surface area (Å²) < 4.78 is 21.1. The minimum Gasteiger partial charge on any atom is -0.457 e. The number of carbonyl (C=O) groups is 1. The Morgan fingerprint density at radius 1 is 1.00 bits per heavy atom. The van der Waals surface area contributed by atoms with Crippen LogP contribution in [0.4, 0.5) is 26.5 Å². The van der Waals surface area contributed by atoms with Crippen LogP contribution in [0.5, 0.6) is 11.5 Å². The highest BCUT2D eigenvalue weighted by Crippen LogP contribution is 2.27. The highest BCUT2D eigenvalue weighted by Gasteiger charge is 2.21. The van der Waals surface area contributed by atoms with Gasteiger partial charge in [0.2, 0.25) is 0 Å². The Labute approximate surface area is 196 Å². The van der Waals surface area contributed by atoms with E-state index in [0.29, 0.717) is 34.5 Å². The third-order valence-electron chi connectivity index (χ3n) is 4.87.